The van der Waals surface area contributed by atoms with Crippen molar-refractivity contribution in [2.75, 3.05) is 5.32 Å². The monoisotopic (exact) mass is 350 g/mol. The minimum atomic E-state index is -0.902. The van der Waals surface area contributed by atoms with Gasteiger partial charge in [-0.1, -0.05) is 22.8 Å². The molecule has 0 aliphatic carbocycles. The van der Waals surface area contributed by atoms with Crippen LogP contribution in [0.5, 0.6) is 0 Å². The Bertz CT molecular complexity index is 722. The van der Waals surface area contributed by atoms with Crippen LogP contribution in [0.4, 0.5) is 5.69 Å². The van der Waals surface area contributed by atoms with Crippen molar-refractivity contribution in [1.82, 2.24) is 5.16 Å². The molecule has 1 atom stereocenters. The van der Waals surface area contributed by atoms with Gasteiger partial charge in [-0.05, 0) is 45.4 Å². The van der Waals surface area contributed by atoms with Crippen molar-refractivity contribution in [3.05, 3.63) is 46.3 Å². The molecule has 0 spiro atoms. The fraction of sp³-hybridized carbons (Fsp3) is 0.353. The first-order valence-electron chi connectivity index (χ1n) is 7.54. The van der Waals surface area contributed by atoms with Gasteiger partial charge in [0.15, 0.2) is 6.10 Å². The summed E-state index contributed by atoms with van der Waals surface area (Å²) in [4.78, 5) is 24.0. The molecule has 2 rings (SSSR count). The molecule has 0 unspecified atom stereocenters. The number of amides is 1. The number of aryl methyl sites for hydroxylation is 2. The average Bonchev–Trinajstić information content (AvgIpc) is 2.84. The normalized spacial score (nSPS) is 11.8. The van der Waals surface area contributed by atoms with Gasteiger partial charge < -0.3 is 14.6 Å². The molecule has 1 aromatic heterocycles. The summed E-state index contributed by atoms with van der Waals surface area (Å²) < 4.78 is 10.2. The lowest BCUT2D eigenvalue weighted by Crippen LogP contribution is -2.30. The van der Waals surface area contributed by atoms with Gasteiger partial charge in [0.2, 0.25) is 0 Å². The first-order chi connectivity index (χ1) is 11.4. The van der Waals surface area contributed by atoms with Crippen molar-refractivity contribution in [2.24, 2.45) is 0 Å². The van der Waals surface area contributed by atoms with Gasteiger partial charge in [0, 0.05) is 22.7 Å². The van der Waals surface area contributed by atoms with Crippen LogP contribution in [0.1, 0.15) is 30.4 Å². The quantitative estimate of drug-likeness (QED) is 0.807. The van der Waals surface area contributed by atoms with Crippen LogP contribution in [-0.2, 0) is 20.7 Å². The highest BCUT2D eigenvalue weighted by atomic mass is 35.5. The number of nitrogens with zero attached hydrogens (tertiary/aromatic N) is 1. The number of halogens is 1. The Morgan fingerprint density at radius 2 is 2.12 bits per heavy atom. The van der Waals surface area contributed by atoms with Gasteiger partial charge in [0.1, 0.15) is 5.76 Å². The molecular weight excluding hydrogens is 332 g/mol. The maximum absolute atomic E-state index is 12.0. The minimum Gasteiger partial charge on any atom is -0.453 e. The van der Waals surface area contributed by atoms with E-state index in [-0.39, 0.29) is 6.42 Å². The van der Waals surface area contributed by atoms with Crippen molar-refractivity contribution in [3.8, 4) is 0 Å². The highest BCUT2D eigenvalue weighted by molar-refractivity contribution is 6.30. The fourth-order valence-corrected chi connectivity index (χ4v) is 2.40. The number of hydrogen-bond acceptors (Lipinski definition) is 5. The molecule has 0 saturated carbocycles. The van der Waals surface area contributed by atoms with Crippen LogP contribution in [0.25, 0.3) is 0 Å². The predicted molar refractivity (Wildman–Crippen MR) is 89.9 cm³/mol. The summed E-state index contributed by atoms with van der Waals surface area (Å²) >= 11 is 5.86. The third-order valence-corrected chi connectivity index (χ3v) is 3.77. The maximum atomic E-state index is 12.0. The number of benzene rings is 1. The van der Waals surface area contributed by atoms with Crippen molar-refractivity contribution in [2.45, 2.75) is 39.7 Å². The van der Waals surface area contributed by atoms with Gasteiger partial charge in [0.25, 0.3) is 5.91 Å². The summed E-state index contributed by atoms with van der Waals surface area (Å²) in [6.07, 6.45) is -0.290. The topological polar surface area (TPSA) is 81.4 Å². The molecule has 0 bridgehead atoms. The molecule has 7 heteroatoms. The molecular formula is C17H19ClN2O4. The van der Waals surface area contributed by atoms with Crippen LogP contribution in [-0.4, -0.2) is 23.1 Å². The number of carbonyl (C=O) groups excluding carboxylic acids is 2. The largest absolute Gasteiger partial charge is 0.453 e. The Morgan fingerprint density at radius 3 is 2.75 bits per heavy atom. The van der Waals surface area contributed by atoms with E-state index < -0.39 is 18.0 Å². The van der Waals surface area contributed by atoms with Crippen molar-refractivity contribution < 1.29 is 18.8 Å². The first kappa shape index (κ1) is 18.0. The number of esters is 1. The molecule has 6 nitrogen and oxygen atoms in total. The Morgan fingerprint density at radius 1 is 1.38 bits per heavy atom. The molecule has 24 heavy (non-hydrogen) atoms. The zero-order valence-corrected chi connectivity index (χ0v) is 14.5. The van der Waals surface area contributed by atoms with E-state index in [1.54, 1.807) is 31.2 Å². The molecule has 2 aromatic rings. The van der Waals surface area contributed by atoms with Crippen LogP contribution in [0.15, 0.2) is 28.8 Å². The van der Waals surface area contributed by atoms with Crippen LogP contribution < -0.4 is 5.32 Å². The predicted octanol–water partition coefficient (Wildman–Crippen LogP) is 3.45. The number of ether oxygens (including phenoxy) is 1. The Hall–Kier alpha value is -2.34. The van der Waals surface area contributed by atoms with E-state index in [0.29, 0.717) is 22.9 Å². The summed E-state index contributed by atoms with van der Waals surface area (Å²) in [7, 11) is 0. The molecule has 0 radical (unpaired) electrons. The van der Waals surface area contributed by atoms with Gasteiger partial charge in [0.05, 0.1) is 5.69 Å². The van der Waals surface area contributed by atoms with Crippen LogP contribution in [0, 0.1) is 13.8 Å². The number of anilines is 1. The highest BCUT2D eigenvalue weighted by Crippen LogP contribution is 2.16. The van der Waals surface area contributed by atoms with Gasteiger partial charge in [-0.2, -0.15) is 0 Å². The summed E-state index contributed by atoms with van der Waals surface area (Å²) in [6, 6.07) is 6.74. The van der Waals surface area contributed by atoms with Gasteiger partial charge in [-0.3, -0.25) is 9.59 Å². The molecule has 0 aliphatic rings. The first-order valence-corrected chi connectivity index (χ1v) is 7.92. The second-order valence-corrected chi connectivity index (χ2v) is 5.87. The molecule has 1 aromatic carbocycles. The van der Waals surface area contributed by atoms with Crippen LogP contribution >= 0.6 is 11.6 Å². The van der Waals surface area contributed by atoms with Gasteiger partial charge in [-0.25, -0.2) is 0 Å². The molecule has 1 N–H and O–H groups in total. The van der Waals surface area contributed by atoms with E-state index in [1.165, 1.54) is 6.92 Å². The third-order valence-electron chi connectivity index (χ3n) is 3.53. The Balaban J connectivity index is 1.83. The molecule has 1 heterocycles. The number of aromatic nitrogens is 1. The van der Waals surface area contributed by atoms with Crippen molar-refractivity contribution >= 4 is 29.2 Å². The Kier molecular flexibility index (Phi) is 5.98. The molecule has 1 amide bonds. The van der Waals surface area contributed by atoms with Crippen molar-refractivity contribution in [3.63, 3.8) is 0 Å². The number of carbonyl (C=O) groups is 2. The Labute approximate surface area is 145 Å². The van der Waals surface area contributed by atoms with E-state index in [1.807, 2.05) is 6.92 Å². The zero-order valence-electron chi connectivity index (χ0n) is 13.8. The summed E-state index contributed by atoms with van der Waals surface area (Å²) in [5.41, 5.74) is 2.20. The smallest absolute Gasteiger partial charge is 0.306 e. The number of rotatable bonds is 6. The fourth-order valence-electron chi connectivity index (χ4n) is 2.21. The lowest BCUT2D eigenvalue weighted by molar-refractivity contribution is -0.153. The zero-order chi connectivity index (χ0) is 17.7. The standard InChI is InChI=1S/C17H19ClN2O4/c1-10-15(11(2)24-20-10)7-8-16(21)23-12(3)17(22)19-14-6-4-5-13(18)9-14/h4-6,9,12H,7-8H2,1-3H3,(H,19,22)/t12-/m1/s1. The van der Waals surface area contributed by atoms with Crippen molar-refractivity contribution in [1.29, 1.82) is 0 Å². The number of nitrogens with one attached hydrogen (secondary N) is 1. The van der Waals surface area contributed by atoms with E-state index in [2.05, 4.69) is 10.5 Å². The summed E-state index contributed by atoms with van der Waals surface area (Å²) in [6.45, 7) is 5.13. The van der Waals surface area contributed by atoms with Gasteiger partial charge >= 0.3 is 5.97 Å². The molecule has 0 fully saturated rings. The minimum absolute atomic E-state index is 0.150. The maximum Gasteiger partial charge on any atom is 0.306 e. The van der Waals surface area contributed by atoms with E-state index in [4.69, 9.17) is 20.9 Å². The number of hydrogen-bond donors (Lipinski definition) is 1. The molecule has 128 valence electrons. The third kappa shape index (κ3) is 4.83. The van der Waals surface area contributed by atoms with E-state index in [0.717, 1.165) is 11.3 Å². The average molecular weight is 351 g/mol. The second kappa shape index (κ2) is 7.97. The van der Waals surface area contributed by atoms with Crippen LogP contribution in [0.2, 0.25) is 5.02 Å². The van der Waals surface area contributed by atoms with E-state index in [9.17, 15) is 9.59 Å². The van der Waals surface area contributed by atoms with Gasteiger partial charge in [-0.15, -0.1) is 0 Å². The summed E-state index contributed by atoms with van der Waals surface area (Å²) in [5.74, 6) is -0.182. The SMILES string of the molecule is Cc1noc(C)c1CCC(=O)O[C@H](C)C(=O)Nc1cccc(Cl)c1. The van der Waals surface area contributed by atoms with E-state index >= 15 is 0 Å². The highest BCUT2D eigenvalue weighted by Gasteiger charge is 2.19. The molecule has 0 saturated heterocycles. The lowest BCUT2D eigenvalue weighted by Gasteiger charge is -2.13. The lowest BCUT2D eigenvalue weighted by atomic mass is 10.1. The second-order valence-electron chi connectivity index (χ2n) is 5.43. The molecule has 0 aliphatic heterocycles. The summed E-state index contributed by atoms with van der Waals surface area (Å²) in [5, 5.41) is 7.00. The van der Waals surface area contributed by atoms with Crippen LogP contribution in [0.3, 0.4) is 0 Å².